The standard InChI is InChI=1S/C14H13F2N3/c1-2-9-3-5-11(6-4-9)18-19-14-12(15)7-10(17)8-13(14)16/h3-8H,2,17H2,1H3. The minimum absolute atomic E-state index is 0.0150. The molecule has 2 rings (SSSR count). The van der Waals surface area contributed by atoms with Gasteiger partial charge in [0.05, 0.1) is 5.69 Å². The van der Waals surface area contributed by atoms with Crippen molar-refractivity contribution in [3.63, 3.8) is 0 Å². The molecule has 2 aromatic rings. The van der Waals surface area contributed by atoms with Gasteiger partial charge >= 0.3 is 0 Å². The third-order valence-electron chi connectivity index (χ3n) is 2.65. The molecule has 2 N–H and O–H groups in total. The van der Waals surface area contributed by atoms with Gasteiger partial charge in [0, 0.05) is 5.69 Å². The second-order valence-electron chi connectivity index (χ2n) is 4.05. The van der Waals surface area contributed by atoms with Crippen LogP contribution >= 0.6 is 0 Å². The molecular formula is C14H13F2N3. The number of nitrogens with zero attached hydrogens (tertiary/aromatic N) is 2. The molecule has 0 heterocycles. The van der Waals surface area contributed by atoms with Crippen LogP contribution in [0.2, 0.25) is 0 Å². The molecule has 5 heteroatoms. The van der Waals surface area contributed by atoms with E-state index in [-0.39, 0.29) is 5.69 Å². The van der Waals surface area contributed by atoms with Crippen LogP contribution in [0.25, 0.3) is 0 Å². The van der Waals surface area contributed by atoms with Crippen LogP contribution in [-0.4, -0.2) is 0 Å². The first-order chi connectivity index (χ1) is 9.10. The van der Waals surface area contributed by atoms with Crippen molar-refractivity contribution >= 4 is 17.1 Å². The molecule has 0 unspecified atom stereocenters. The maximum atomic E-state index is 13.5. The van der Waals surface area contributed by atoms with Gasteiger partial charge in [-0.1, -0.05) is 19.1 Å². The number of nitrogens with two attached hydrogens (primary N) is 1. The van der Waals surface area contributed by atoms with Crippen molar-refractivity contribution in [1.82, 2.24) is 0 Å². The SMILES string of the molecule is CCc1ccc(N=Nc2c(F)cc(N)cc2F)cc1. The average Bonchev–Trinajstić information content (AvgIpc) is 2.38. The molecule has 0 aliphatic carbocycles. The predicted octanol–water partition coefficient (Wildman–Crippen LogP) is 4.52. The number of nitrogen functional groups attached to an aromatic ring is 1. The molecule has 0 spiro atoms. The lowest BCUT2D eigenvalue weighted by Gasteiger charge is -2.00. The molecule has 0 saturated heterocycles. The quantitative estimate of drug-likeness (QED) is 0.640. The molecule has 0 aliphatic rings. The summed E-state index contributed by atoms with van der Waals surface area (Å²) in [6.07, 6.45) is 0.915. The fourth-order valence-corrected chi connectivity index (χ4v) is 1.59. The lowest BCUT2D eigenvalue weighted by Crippen LogP contribution is -1.89. The molecule has 3 nitrogen and oxygen atoms in total. The summed E-state index contributed by atoms with van der Waals surface area (Å²) in [5.74, 6) is -1.65. The lowest BCUT2D eigenvalue weighted by atomic mass is 10.2. The minimum Gasteiger partial charge on any atom is -0.399 e. The molecule has 19 heavy (non-hydrogen) atoms. The highest BCUT2D eigenvalue weighted by atomic mass is 19.1. The Morgan fingerprint density at radius 1 is 1.00 bits per heavy atom. The summed E-state index contributed by atoms with van der Waals surface area (Å²) in [5.41, 5.74) is 6.59. The van der Waals surface area contributed by atoms with E-state index in [9.17, 15) is 8.78 Å². The van der Waals surface area contributed by atoms with Gasteiger partial charge in [-0.05, 0) is 36.2 Å². The van der Waals surface area contributed by atoms with Gasteiger partial charge in [0.2, 0.25) is 0 Å². The van der Waals surface area contributed by atoms with Gasteiger partial charge in [0.25, 0.3) is 0 Å². The highest BCUT2D eigenvalue weighted by Gasteiger charge is 2.09. The van der Waals surface area contributed by atoms with Crippen LogP contribution in [0.1, 0.15) is 12.5 Å². The Labute approximate surface area is 109 Å². The van der Waals surface area contributed by atoms with Crippen molar-refractivity contribution in [2.24, 2.45) is 10.2 Å². The minimum atomic E-state index is -0.827. The fourth-order valence-electron chi connectivity index (χ4n) is 1.59. The molecule has 0 fully saturated rings. The van der Waals surface area contributed by atoms with Gasteiger partial charge in [-0.3, -0.25) is 0 Å². The van der Waals surface area contributed by atoms with Crippen molar-refractivity contribution in [1.29, 1.82) is 0 Å². The van der Waals surface area contributed by atoms with Crippen LogP contribution in [-0.2, 0) is 6.42 Å². The van der Waals surface area contributed by atoms with E-state index in [1.807, 2.05) is 19.1 Å². The summed E-state index contributed by atoms with van der Waals surface area (Å²) in [6.45, 7) is 2.04. The Morgan fingerprint density at radius 3 is 2.11 bits per heavy atom. The van der Waals surface area contributed by atoms with Gasteiger partial charge in [-0.15, -0.1) is 5.11 Å². The molecule has 0 radical (unpaired) electrons. The Bertz CT molecular complexity index is 584. The third-order valence-corrected chi connectivity index (χ3v) is 2.65. The Balaban J connectivity index is 2.27. The number of hydrogen-bond donors (Lipinski definition) is 1. The summed E-state index contributed by atoms with van der Waals surface area (Å²) < 4.78 is 26.9. The molecule has 0 bridgehead atoms. The topological polar surface area (TPSA) is 50.7 Å². The molecule has 0 aromatic heterocycles. The fraction of sp³-hybridized carbons (Fsp3) is 0.143. The Hall–Kier alpha value is -2.30. The molecular weight excluding hydrogens is 248 g/mol. The molecule has 0 aliphatic heterocycles. The van der Waals surface area contributed by atoms with Crippen LogP contribution in [0.4, 0.5) is 25.8 Å². The first-order valence-electron chi connectivity index (χ1n) is 5.85. The highest BCUT2D eigenvalue weighted by molar-refractivity contribution is 5.50. The number of anilines is 1. The maximum absolute atomic E-state index is 13.5. The number of aryl methyl sites for hydroxylation is 1. The van der Waals surface area contributed by atoms with E-state index in [2.05, 4.69) is 10.2 Å². The van der Waals surface area contributed by atoms with E-state index in [1.165, 1.54) is 0 Å². The number of benzene rings is 2. The van der Waals surface area contributed by atoms with E-state index in [0.29, 0.717) is 5.69 Å². The summed E-state index contributed by atoms with van der Waals surface area (Å²) in [6, 6.07) is 9.30. The largest absolute Gasteiger partial charge is 0.399 e. The van der Waals surface area contributed by atoms with Crippen molar-refractivity contribution in [3.8, 4) is 0 Å². The van der Waals surface area contributed by atoms with E-state index in [1.54, 1.807) is 12.1 Å². The van der Waals surface area contributed by atoms with Crippen molar-refractivity contribution < 1.29 is 8.78 Å². The number of rotatable bonds is 3. The van der Waals surface area contributed by atoms with E-state index in [4.69, 9.17) is 5.73 Å². The highest BCUT2D eigenvalue weighted by Crippen LogP contribution is 2.26. The van der Waals surface area contributed by atoms with Gasteiger partial charge in [-0.2, -0.15) is 5.11 Å². The molecule has 0 saturated carbocycles. The summed E-state index contributed by atoms with van der Waals surface area (Å²) in [7, 11) is 0. The summed E-state index contributed by atoms with van der Waals surface area (Å²) >= 11 is 0. The van der Waals surface area contributed by atoms with Crippen molar-refractivity contribution in [2.45, 2.75) is 13.3 Å². The molecule has 98 valence electrons. The van der Waals surface area contributed by atoms with Crippen molar-refractivity contribution in [3.05, 3.63) is 53.6 Å². The normalized spacial score (nSPS) is 11.1. The van der Waals surface area contributed by atoms with Crippen LogP contribution in [0.15, 0.2) is 46.6 Å². The first kappa shape index (κ1) is 13.1. The molecule has 0 amide bonds. The zero-order valence-corrected chi connectivity index (χ0v) is 10.4. The number of azo groups is 1. The van der Waals surface area contributed by atoms with Crippen LogP contribution < -0.4 is 5.73 Å². The van der Waals surface area contributed by atoms with Crippen molar-refractivity contribution in [2.75, 3.05) is 5.73 Å². The summed E-state index contributed by atoms with van der Waals surface area (Å²) in [5, 5.41) is 7.40. The monoisotopic (exact) mass is 261 g/mol. The second kappa shape index (κ2) is 5.56. The van der Waals surface area contributed by atoms with Crippen LogP contribution in [0.3, 0.4) is 0 Å². The van der Waals surface area contributed by atoms with E-state index < -0.39 is 17.3 Å². The van der Waals surface area contributed by atoms with E-state index in [0.717, 1.165) is 24.1 Å². The Kier molecular flexibility index (Phi) is 3.85. The lowest BCUT2D eigenvalue weighted by molar-refractivity contribution is 0.586. The van der Waals surface area contributed by atoms with E-state index >= 15 is 0 Å². The molecule has 2 aromatic carbocycles. The third kappa shape index (κ3) is 3.13. The van der Waals surface area contributed by atoms with Gasteiger partial charge < -0.3 is 5.73 Å². The average molecular weight is 261 g/mol. The van der Waals surface area contributed by atoms with Gasteiger partial charge in [0.1, 0.15) is 0 Å². The summed E-state index contributed by atoms with van der Waals surface area (Å²) in [4.78, 5) is 0. The van der Waals surface area contributed by atoms with Crippen LogP contribution in [0, 0.1) is 11.6 Å². The van der Waals surface area contributed by atoms with Gasteiger partial charge in [0.15, 0.2) is 17.3 Å². The molecule has 0 atom stereocenters. The number of halogens is 2. The zero-order valence-electron chi connectivity index (χ0n) is 10.4. The maximum Gasteiger partial charge on any atom is 0.157 e. The zero-order chi connectivity index (χ0) is 13.8. The second-order valence-corrected chi connectivity index (χ2v) is 4.05. The first-order valence-corrected chi connectivity index (χ1v) is 5.85. The van der Waals surface area contributed by atoms with Crippen LogP contribution in [0.5, 0.6) is 0 Å². The number of hydrogen-bond acceptors (Lipinski definition) is 3. The predicted molar refractivity (Wildman–Crippen MR) is 70.8 cm³/mol. The van der Waals surface area contributed by atoms with Gasteiger partial charge in [-0.25, -0.2) is 8.78 Å². The Morgan fingerprint density at radius 2 is 1.58 bits per heavy atom. The smallest absolute Gasteiger partial charge is 0.157 e.